The summed E-state index contributed by atoms with van der Waals surface area (Å²) >= 11 is 1.11. The summed E-state index contributed by atoms with van der Waals surface area (Å²) in [5.41, 5.74) is 0.522. The molecule has 3 aromatic rings. The number of nitrogens with zero attached hydrogens (tertiary/aromatic N) is 2. The van der Waals surface area contributed by atoms with E-state index in [4.69, 9.17) is 5.11 Å². The van der Waals surface area contributed by atoms with Crippen molar-refractivity contribution >= 4 is 40.8 Å². The molecule has 3 rings (SSSR count). The van der Waals surface area contributed by atoms with Crippen LogP contribution in [0.3, 0.4) is 0 Å². The number of rotatable bonds is 6. The summed E-state index contributed by atoms with van der Waals surface area (Å²) in [6.45, 7) is 0. The summed E-state index contributed by atoms with van der Waals surface area (Å²) in [5, 5.41) is 22.5. The molecule has 158 valence electrons. The molecule has 10 heteroatoms. The molecule has 0 spiro atoms. The van der Waals surface area contributed by atoms with Crippen molar-refractivity contribution in [3.63, 3.8) is 0 Å². The zero-order valence-corrected chi connectivity index (χ0v) is 16.9. The fraction of sp³-hybridized carbons (Fsp3) is 0.0476. The van der Waals surface area contributed by atoms with Gasteiger partial charge in [-0.05, 0) is 54.6 Å². The molecular weight excluding hydrogens is 425 g/mol. The number of carbonyl (C=O) groups is 2. The Bertz CT molecular complexity index is 1150. The maximum Gasteiger partial charge on any atom is 0.409 e. The number of nitro benzene ring substituents is 1. The Morgan fingerprint density at radius 1 is 1.10 bits per heavy atom. The number of benzene rings is 3. The number of halogens is 1. The Morgan fingerprint density at radius 3 is 2.42 bits per heavy atom. The topological polar surface area (TPSA) is 113 Å². The third-order valence-corrected chi connectivity index (χ3v) is 5.31. The molecule has 0 heterocycles. The molecule has 0 aliphatic heterocycles. The first-order valence-electron chi connectivity index (χ1n) is 8.84. The highest BCUT2D eigenvalue weighted by atomic mass is 32.2. The standard InChI is InChI=1S/C21H16FN3O5S/c1-24(16-4-2-3-14(22)12-16)20(26)13-5-10-19(18(11-13)25(29)30)31-17-8-6-15(7-9-17)23-21(27)28/h2-12,23H,1H3,(H,27,28). The van der Waals surface area contributed by atoms with E-state index in [1.807, 2.05) is 0 Å². The van der Waals surface area contributed by atoms with Gasteiger partial charge in [0.05, 0.1) is 9.82 Å². The predicted molar refractivity (Wildman–Crippen MR) is 114 cm³/mol. The van der Waals surface area contributed by atoms with Crippen LogP contribution in [-0.4, -0.2) is 29.1 Å². The highest BCUT2D eigenvalue weighted by Gasteiger charge is 2.21. The van der Waals surface area contributed by atoms with Crippen LogP contribution in [0.5, 0.6) is 0 Å². The van der Waals surface area contributed by atoms with Crippen LogP contribution >= 0.6 is 11.8 Å². The van der Waals surface area contributed by atoms with Gasteiger partial charge in [-0.15, -0.1) is 0 Å². The van der Waals surface area contributed by atoms with Crippen LogP contribution in [-0.2, 0) is 0 Å². The number of nitro groups is 1. The fourth-order valence-electron chi connectivity index (χ4n) is 2.73. The lowest BCUT2D eigenvalue weighted by molar-refractivity contribution is -0.387. The van der Waals surface area contributed by atoms with Gasteiger partial charge in [-0.25, -0.2) is 9.18 Å². The molecule has 0 saturated heterocycles. The minimum atomic E-state index is -1.19. The Morgan fingerprint density at radius 2 is 1.81 bits per heavy atom. The van der Waals surface area contributed by atoms with Gasteiger partial charge in [0.1, 0.15) is 5.82 Å². The molecule has 0 fully saturated rings. The van der Waals surface area contributed by atoms with Crippen molar-refractivity contribution in [1.29, 1.82) is 0 Å². The quantitative estimate of drug-likeness (QED) is 0.399. The average Bonchev–Trinajstić information content (AvgIpc) is 2.74. The molecule has 0 bridgehead atoms. The average molecular weight is 441 g/mol. The zero-order chi connectivity index (χ0) is 22.5. The summed E-state index contributed by atoms with van der Waals surface area (Å²) in [6.07, 6.45) is -1.19. The van der Waals surface area contributed by atoms with Crippen molar-refractivity contribution in [2.24, 2.45) is 0 Å². The van der Waals surface area contributed by atoms with E-state index in [9.17, 15) is 24.1 Å². The number of amides is 2. The molecule has 2 N–H and O–H groups in total. The van der Waals surface area contributed by atoms with Crippen LogP contribution in [0.1, 0.15) is 10.4 Å². The highest BCUT2D eigenvalue weighted by molar-refractivity contribution is 7.99. The second kappa shape index (κ2) is 9.26. The molecule has 31 heavy (non-hydrogen) atoms. The van der Waals surface area contributed by atoms with Gasteiger partial charge in [-0.3, -0.25) is 20.2 Å². The summed E-state index contributed by atoms with van der Waals surface area (Å²) in [5.74, 6) is -1.02. The zero-order valence-electron chi connectivity index (χ0n) is 16.1. The number of carbonyl (C=O) groups excluding carboxylic acids is 1. The number of hydrogen-bond donors (Lipinski definition) is 2. The fourth-order valence-corrected chi connectivity index (χ4v) is 3.63. The largest absolute Gasteiger partial charge is 0.465 e. The predicted octanol–water partition coefficient (Wildman–Crippen LogP) is 5.25. The summed E-state index contributed by atoms with van der Waals surface area (Å²) in [6, 6.07) is 15.9. The third kappa shape index (κ3) is 5.37. The van der Waals surface area contributed by atoms with E-state index < -0.39 is 22.7 Å². The molecule has 2 amide bonds. The van der Waals surface area contributed by atoms with Crippen LogP contribution in [0.2, 0.25) is 0 Å². The number of carboxylic acid groups (broad SMARTS) is 1. The second-order valence-electron chi connectivity index (χ2n) is 6.34. The summed E-state index contributed by atoms with van der Waals surface area (Å²) < 4.78 is 13.4. The van der Waals surface area contributed by atoms with Crippen LogP contribution in [0, 0.1) is 15.9 Å². The Hall–Kier alpha value is -3.92. The maximum absolute atomic E-state index is 13.4. The van der Waals surface area contributed by atoms with Crippen LogP contribution in [0.25, 0.3) is 0 Å². The van der Waals surface area contributed by atoms with Crippen LogP contribution in [0.15, 0.2) is 76.5 Å². The van der Waals surface area contributed by atoms with Gasteiger partial charge < -0.3 is 10.0 Å². The molecule has 0 atom stereocenters. The second-order valence-corrected chi connectivity index (χ2v) is 7.46. The number of nitrogens with one attached hydrogen (secondary N) is 1. The van der Waals surface area contributed by atoms with Crippen LogP contribution in [0.4, 0.5) is 26.2 Å². The lowest BCUT2D eigenvalue weighted by Crippen LogP contribution is -2.26. The van der Waals surface area contributed by atoms with E-state index in [0.717, 1.165) is 11.8 Å². The van der Waals surface area contributed by atoms with E-state index >= 15 is 0 Å². The molecular formula is C21H16FN3O5S. The first kappa shape index (κ1) is 21.8. The molecule has 0 aliphatic rings. The van der Waals surface area contributed by atoms with Crippen molar-refractivity contribution in [2.75, 3.05) is 17.3 Å². The van der Waals surface area contributed by atoms with Gasteiger partial charge in [-0.1, -0.05) is 17.8 Å². The number of anilines is 2. The van der Waals surface area contributed by atoms with Crippen molar-refractivity contribution < 1.29 is 24.0 Å². The van der Waals surface area contributed by atoms with E-state index in [0.29, 0.717) is 21.2 Å². The lowest BCUT2D eigenvalue weighted by atomic mass is 10.1. The summed E-state index contributed by atoms with van der Waals surface area (Å²) in [4.78, 5) is 36.6. The monoisotopic (exact) mass is 441 g/mol. The Kier molecular flexibility index (Phi) is 6.51. The third-order valence-electron chi connectivity index (χ3n) is 4.24. The summed E-state index contributed by atoms with van der Waals surface area (Å²) in [7, 11) is 1.46. The molecule has 0 aliphatic carbocycles. The SMILES string of the molecule is CN(C(=O)c1ccc(Sc2ccc(NC(=O)O)cc2)c([N+](=O)[O-])c1)c1cccc(F)c1. The van der Waals surface area contributed by atoms with E-state index in [2.05, 4.69) is 5.32 Å². The first-order valence-corrected chi connectivity index (χ1v) is 9.66. The number of hydrogen-bond acceptors (Lipinski definition) is 5. The first-order chi connectivity index (χ1) is 14.7. The maximum atomic E-state index is 13.4. The van der Waals surface area contributed by atoms with Gasteiger partial charge in [0.2, 0.25) is 0 Å². The van der Waals surface area contributed by atoms with Gasteiger partial charge >= 0.3 is 6.09 Å². The lowest BCUT2D eigenvalue weighted by Gasteiger charge is -2.17. The van der Waals surface area contributed by atoms with E-state index in [1.54, 1.807) is 18.2 Å². The molecule has 8 nitrogen and oxygen atoms in total. The van der Waals surface area contributed by atoms with Gasteiger partial charge in [0, 0.05) is 34.9 Å². The normalized spacial score (nSPS) is 10.4. The van der Waals surface area contributed by atoms with Gasteiger partial charge in [0.25, 0.3) is 11.6 Å². The Labute approximate surface area is 180 Å². The van der Waals surface area contributed by atoms with Crippen molar-refractivity contribution in [3.05, 3.63) is 88.2 Å². The van der Waals surface area contributed by atoms with Crippen molar-refractivity contribution in [3.8, 4) is 0 Å². The smallest absolute Gasteiger partial charge is 0.409 e. The molecule has 0 saturated carbocycles. The molecule has 0 aromatic heterocycles. The minimum absolute atomic E-state index is 0.0869. The van der Waals surface area contributed by atoms with Crippen LogP contribution < -0.4 is 10.2 Å². The Balaban J connectivity index is 1.85. The minimum Gasteiger partial charge on any atom is -0.465 e. The molecule has 0 unspecified atom stereocenters. The van der Waals surface area contributed by atoms with Crippen molar-refractivity contribution in [2.45, 2.75) is 9.79 Å². The van der Waals surface area contributed by atoms with Gasteiger partial charge in [-0.2, -0.15) is 0 Å². The van der Waals surface area contributed by atoms with E-state index in [-0.39, 0.29) is 11.3 Å². The van der Waals surface area contributed by atoms with Gasteiger partial charge in [0.15, 0.2) is 0 Å². The van der Waals surface area contributed by atoms with E-state index in [1.165, 1.54) is 60.5 Å². The molecule has 0 radical (unpaired) electrons. The molecule has 3 aromatic carbocycles. The highest BCUT2D eigenvalue weighted by Crippen LogP contribution is 2.36. The van der Waals surface area contributed by atoms with Crippen molar-refractivity contribution in [1.82, 2.24) is 0 Å².